The van der Waals surface area contributed by atoms with E-state index >= 15 is 0 Å². The second-order valence-electron chi connectivity index (χ2n) is 7.55. The van der Waals surface area contributed by atoms with Gasteiger partial charge in [-0.25, -0.2) is 4.98 Å². The number of nitrogens with one attached hydrogen (secondary N) is 1. The third-order valence-electron chi connectivity index (χ3n) is 5.40. The number of carbonyl (C=O) groups excluding carboxylic acids is 1. The molecule has 1 aliphatic rings. The highest BCUT2D eigenvalue weighted by Crippen LogP contribution is 2.22. The summed E-state index contributed by atoms with van der Waals surface area (Å²) in [5, 5.41) is 8.82. The molecular weight excluding hydrogens is 462 g/mol. The monoisotopic (exact) mass is 481 g/mol. The second kappa shape index (κ2) is 9.32. The number of ether oxygens (including phenoxy) is 1. The topological polar surface area (TPSA) is 88.8 Å². The fourth-order valence-corrected chi connectivity index (χ4v) is 3.98. The summed E-state index contributed by atoms with van der Waals surface area (Å²) in [6, 6.07) is 23.5. The summed E-state index contributed by atoms with van der Waals surface area (Å²) in [6.45, 7) is 0. The van der Waals surface area contributed by atoms with Crippen molar-refractivity contribution in [1.82, 2.24) is 19.9 Å². The Morgan fingerprint density at radius 2 is 1.69 bits per heavy atom. The maximum absolute atomic E-state index is 13.3. The predicted molar refractivity (Wildman–Crippen MR) is 138 cm³/mol. The molecule has 1 N–H and O–H groups in total. The van der Waals surface area contributed by atoms with Gasteiger partial charge in [0, 0.05) is 5.56 Å². The lowest BCUT2D eigenvalue weighted by Gasteiger charge is -2.12. The van der Waals surface area contributed by atoms with Gasteiger partial charge in [0.2, 0.25) is 5.11 Å². The maximum Gasteiger partial charge on any atom is 0.297 e. The number of methoxy groups -OCH3 is 1. The number of hydrogen-bond donors (Lipinski definition) is 1. The van der Waals surface area contributed by atoms with Crippen molar-refractivity contribution in [2.75, 3.05) is 7.11 Å². The molecule has 0 radical (unpaired) electrons. The van der Waals surface area contributed by atoms with E-state index in [2.05, 4.69) is 15.4 Å². The lowest BCUT2D eigenvalue weighted by Crippen LogP contribution is -2.27. The van der Waals surface area contributed by atoms with Crippen LogP contribution in [0.25, 0.3) is 22.7 Å². The van der Waals surface area contributed by atoms with Crippen LogP contribution in [0.4, 0.5) is 0 Å². The van der Waals surface area contributed by atoms with E-state index in [1.54, 1.807) is 55.7 Å². The molecular formula is C26H19N5O3S. The summed E-state index contributed by atoms with van der Waals surface area (Å²) in [7, 11) is 1.56. The van der Waals surface area contributed by atoms with Crippen molar-refractivity contribution < 1.29 is 9.53 Å². The van der Waals surface area contributed by atoms with Gasteiger partial charge in [0.05, 0.1) is 29.9 Å². The number of para-hydroxylation sites is 3. The van der Waals surface area contributed by atoms with Crippen LogP contribution in [0.5, 0.6) is 5.75 Å². The molecule has 0 spiro atoms. The van der Waals surface area contributed by atoms with Crippen LogP contribution in [0, 0.1) is 0 Å². The molecule has 5 rings (SSSR count). The Kier molecular flexibility index (Phi) is 5.90. The highest BCUT2D eigenvalue weighted by molar-refractivity contribution is 7.80. The molecule has 0 aliphatic carbocycles. The molecule has 9 heteroatoms. The van der Waals surface area contributed by atoms with Crippen molar-refractivity contribution >= 4 is 46.4 Å². The molecule has 2 heterocycles. The van der Waals surface area contributed by atoms with E-state index in [-0.39, 0.29) is 22.2 Å². The van der Waals surface area contributed by atoms with Gasteiger partial charge in [0.1, 0.15) is 11.4 Å². The van der Waals surface area contributed by atoms with Crippen LogP contribution < -0.4 is 15.6 Å². The number of nitrogens with zero attached hydrogens (tertiary/aromatic N) is 4. The average molecular weight is 482 g/mol. The minimum Gasteiger partial charge on any atom is -0.496 e. The first-order valence-electron chi connectivity index (χ1n) is 10.7. The molecule has 1 saturated heterocycles. The van der Waals surface area contributed by atoms with Gasteiger partial charge in [-0.05, 0) is 48.6 Å². The van der Waals surface area contributed by atoms with Crippen molar-refractivity contribution in [2.24, 2.45) is 5.10 Å². The number of thiocarbonyl (C=S) groups is 1. The largest absolute Gasteiger partial charge is 0.496 e. The van der Waals surface area contributed by atoms with E-state index in [9.17, 15) is 9.59 Å². The zero-order valence-corrected chi connectivity index (χ0v) is 19.4. The zero-order chi connectivity index (χ0) is 24.4. The van der Waals surface area contributed by atoms with Crippen molar-refractivity contribution in [3.05, 3.63) is 106 Å². The van der Waals surface area contributed by atoms with Crippen LogP contribution in [0.1, 0.15) is 11.4 Å². The van der Waals surface area contributed by atoms with E-state index in [1.165, 1.54) is 10.8 Å². The molecule has 4 aromatic rings. The minimum atomic E-state index is -0.438. The van der Waals surface area contributed by atoms with Crippen LogP contribution in [0.2, 0.25) is 0 Å². The predicted octanol–water partition coefficient (Wildman–Crippen LogP) is 3.49. The smallest absolute Gasteiger partial charge is 0.297 e. The van der Waals surface area contributed by atoms with Gasteiger partial charge in [-0.2, -0.15) is 10.1 Å². The van der Waals surface area contributed by atoms with Gasteiger partial charge in [-0.15, -0.1) is 0 Å². The molecule has 0 bridgehead atoms. The first kappa shape index (κ1) is 22.2. The average Bonchev–Trinajstić information content (AvgIpc) is 3.15. The van der Waals surface area contributed by atoms with Gasteiger partial charge in [-0.3, -0.25) is 14.2 Å². The molecule has 35 heavy (non-hydrogen) atoms. The molecule has 3 aromatic carbocycles. The van der Waals surface area contributed by atoms with Crippen LogP contribution in [0.15, 0.2) is 94.5 Å². The quantitative estimate of drug-likeness (QED) is 0.267. The fraction of sp³-hybridized carbons (Fsp3) is 0.0385. The number of carbonyl (C=O) groups is 1. The van der Waals surface area contributed by atoms with Gasteiger partial charge in [0.25, 0.3) is 11.5 Å². The molecule has 0 unspecified atom stereocenters. The van der Waals surface area contributed by atoms with Crippen molar-refractivity contribution in [2.45, 2.75) is 0 Å². The third kappa shape index (κ3) is 4.20. The third-order valence-corrected chi connectivity index (χ3v) is 5.68. The lowest BCUT2D eigenvalue weighted by molar-refractivity contribution is -0.122. The number of rotatable bonds is 5. The van der Waals surface area contributed by atoms with Gasteiger partial charge in [0.15, 0.2) is 5.82 Å². The van der Waals surface area contributed by atoms with Crippen molar-refractivity contribution in [3.8, 4) is 11.4 Å². The van der Waals surface area contributed by atoms with E-state index in [1.807, 2.05) is 36.4 Å². The van der Waals surface area contributed by atoms with Gasteiger partial charge >= 0.3 is 0 Å². The molecule has 1 amide bonds. The standard InChI is InChI=1S/C26H19N5O3S/c1-34-22-14-8-5-9-17(22)15-21-25(33)31(26(35)29-21)27-16-23-28-20-13-7-6-12-19(20)24(32)30(23)18-10-3-2-4-11-18/h2-16H,1H3,(H,29,35)/b21-15+,27-16+. The molecule has 8 nitrogen and oxygen atoms in total. The Bertz CT molecular complexity index is 1580. The number of amides is 1. The molecule has 172 valence electrons. The molecule has 1 fully saturated rings. The van der Waals surface area contributed by atoms with Gasteiger partial charge < -0.3 is 10.1 Å². The first-order chi connectivity index (χ1) is 17.1. The second-order valence-corrected chi connectivity index (χ2v) is 7.94. The Hall–Kier alpha value is -4.63. The molecule has 1 aliphatic heterocycles. The van der Waals surface area contributed by atoms with Crippen LogP contribution in [-0.4, -0.2) is 38.9 Å². The van der Waals surface area contributed by atoms with E-state index in [0.29, 0.717) is 27.9 Å². The summed E-state index contributed by atoms with van der Waals surface area (Å²) in [4.78, 5) is 31.0. The SMILES string of the molecule is COc1ccccc1/C=C1/NC(=S)N(/N=C/c2nc3ccccc3c(=O)n2-c2ccccc2)C1=O. The maximum atomic E-state index is 13.3. The highest BCUT2D eigenvalue weighted by Gasteiger charge is 2.31. The van der Waals surface area contributed by atoms with Crippen molar-refractivity contribution in [1.29, 1.82) is 0 Å². The number of fused-ring (bicyclic) bond motifs is 1. The zero-order valence-electron chi connectivity index (χ0n) is 18.6. The summed E-state index contributed by atoms with van der Waals surface area (Å²) in [5.74, 6) is 0.443. The van der Waals surface area contributed by atoms with E-state index < -0.39 is 5.91 Å². The fourth-order valence-electron chi connectivity index (χ4n) is 3.74. The Morgan fingerprint density at radius 3 is 2.49 bits per heavy atom. The number of hydrazone groups is 1. The number of benzene rings is 3. The Labute approximate surface area is 205 Å². The number of hydrogen-bond acceptors (Lipinski definition) is 6. The molecule has 1 aromatic heterocycles. The normalized spacial score (nSPS) is 14.8. The van der Waals surface area contributed by atoms with Crippen LogP contribution in [-0.2, 0) is 4.79 Å². The number of aromatic nitrogens is 2. The summed E-state index contributed by atoms with van der Waals surface area (Å²) in [6.07, 6.45) is 3.01. The Morgan fingerprint density at radius 1 is 0.971 bits per heavy atom. The Balaban J connectivity index is 1.55. The minimum absolute atomic E-state index is 0.113. The molecule has 0 saturated carbocycles. The van der Waals surface area contributed by atoms with E-state index in [4.69, 9.17) is 17.0 Å². The van der Waals surface area contributed by atoms with Crippen LogP contribution >= 0.6 is 12.2 Å². The summed E-state index contributed by atoms with van der Waals surface area (Å²) in [5.41, 5.74) is 1.88. The lowest BCUT2D eigenvalue weighted by atomic mass is 10.1. The first-order valence-corrected chi connectivity index (χ1v) is 11.1. The van der Waals surface area contributed by atoms with Gasteiger partial charge in [-0.1, -0.05) is 48.5 Å². The summed E-state index contributed by atoms with van der Waals surface area (Å²) >= 11 is 5.34. The van der Waals surface area contributed by atoms with Crippen LogP contribution in [0.3, 0.4) is 0 Å². The molecule has 0 atom stereocenters. The summed E-state index contributed by atoms with van der Waals surface area (Å²) < 4.78 is 6.80. The highest BCUT2D eigenvalue weighted by atomic mass is 32.1. The van der Waals surface area contributed by atoms with E-state index in [0.717, 1.165) is 5.01 Å². The van der Waals surface area contributed by atoms with Crippen molar-refractivity contribution in [3.63, 3.8) is 0 Å².